The first-order valence-corrected chi connectivity index (χ1v) is 6.98. The van der Waals surface area contributed by atoms with Gasteiger partial charge in [0.1, 0.15) is 6.54 Å². The van der Waals surface area contributed by atoms with E-state index in [-0.39, 0.29) is 30.7 Å². The van der Waals surface area contributed by atoms with Crippen LogP contribution in [0.1, 0.15) is 25.7 Å². The van der Waals surface area contributed by atoms with Gasteiger partial charge in [-0.05, 0) is 31.7 Å². The van der Waals surface area contributed by atoms with Gasteiger partial charge in [0, 0.05) is 37.1 Å². The van der Waals surface area contributed by atoms with Gasteiger partial charge in [-0.15, -0.1) is 0 Å². The van der Waals surface area contributed by atoms with Crippen molar-refractivity contribution in [3.05, 3.63) is 28.7 Å². The number of aromatic nitrogens is 1. The number of nitrogen functional groups attached to an aromatic ring is 1. The minimum Gasteiger partial charge on any atom is -0.398 e. The summed E-state index contributed by atoms with van der Waals surface area (Å²) in [6.07, 6.45) is 4.96. The van der Waals surface area contributed by atoms with Crippen molar-refractivity contribution in [1.29, 1.82) is 0 Å². The van der Waals surface area contributed by atoms with Crippen LogP contribution in [-0.4, -0.2) is 39.7 Å². The van der Waals surface area contributed by atoms with E-state index in [4.69, 9.17) is 10.8 Å². The number of amides is 1. The van der Waals surface area contributed by atoms with E-state index < -0.39 is 0 Å². The lowest BCUT2D eigenvalue weighted by molar-refractivity contribution is -0.132. The third-order valence-electron chi connectivity index (χ3n) is 3.70. The predicted octanol–water partition coefficient (Wildman–Crippen LogP) is 0.194. The Bertz CT molecular complexity index is 527. The van der Waals surface area contributed by atoms with E-state index >= 15 is 0 Å². The number of hydrogen-bond donors (Lipinski definition) is 2. The van der Waals surface area contributed by atoms with Crippen LogP contribution in [0.5, 0.6) is 0 Å². The molecule has 0 spiro atoms. The molecule has 2 rings (SSSR count). The second-order valence-electron chi connectivity index (χ2n) is 5.18. The molecule has 0 aromatic carbocycles. The van der Waals surface area contributed by atoms with Crippen LogP contribution in [0.4, 0.5) is 5.69 Å². The third kappa shape index (κ3) is 3.39. The Morgan fingerprint density at radius 3 is 3.00 bits per heavy atom. The molecule has 1 aliphatic rings. The topological polar surface area (TPSA) is 88.6 Å². The van der Waals surface area contributed by atoms with Gasteiger partial charge in [-0.3, -0.25) is 9.59 Å². The van der Waals surface area contributed by atoms with E-state index in [1.807, 2.05) is 4.90 Å². The molecule has 110 valence electrons. The van der Waals surface area contributed by atoms with Gasteiger partial charge in [-0.1, -0.05) is 0 Å². The SMILES string of the molecule is Nc1ccc(=O)n(CC(=O)N2CCCC2CCCO)c1. The smallest absolute Gasteiger partial charge is 0.251 e. The van der Waals surface area contributed by atoms with Crippen LogP contribution in [0.2, 0.25) is 0 Å². The molecule has 6 nitrogen and oxygen atoms in total. The van der Waals surface area contributed by atoms with Gasteiger partial charge in [0.15, 0.2) is 0 Å². The van der Waals surface area contributed by atoms with E-state index in [2.05, 4.69) is 0 Å². The molecule has 0 bridgehead atoms. The zero-order valence-corrected chi connectivity index (χ0v) is 11.5. The number of likely N-dealkylation sites (tertiary alicyclic amines) is 1. The predicted molar refractivity (Wildman–Crippen MR) is 76.2 cm³/mol. The van der Waals surface area contributed by atoms with Crippen LogP contribution in [0.15, 0.2) is 23.1 Å². The maximum Gasteiger partial charge on any atom is 0.251 e. The van der Waals surface area contributed by atoms with Crippen LogP contribution in [0.25, 0.3) is 0 Å². The van der Waals surface area contributed by atoms with Crippen LogP contribution in [0, 0.1) is 0 Å². The van der Waals surface area contributed by atoms with E-state index in [1.54, 1.807) is 0 Å². The molecule has 1 unspecified atom stereocenters. The lowest BCUT2D eigenvalue weighted by Crippen LogP contribution is -2.39. The van der Waals surface area contributed by atoms with Crippen molar-refractivity contribution in [1.82, 2.24) is 9.47 Å². The molecule has 3 N–H and O–H groups in total. The average molecular weight is 279 g/mol. The van der Waals surface area contributed by atoms with Crippen LogP contribution in [0.3, 0.4) is 0 Å². The number of nitrogens with two attached hydrogens (primary N) is 1. The summed E-state index contributed by atoms with van der Waals surface area (Å²) in [5.74, 6) is -0.0573. The van der Waals surface area contributed by atoms with Gasteiger partial charge in [0.05, 0.1) is 0 Å². The fourth-order valence-electron chi connectivity index (χ4n) is 2.70. The molecule has 2 heterocycles. The molecule has 1 amide bonds. The summed E-state index contributed by atoms with van der Waals surface area (Å²) in [6, 6.07) is 3.09. The summed E-state index contributed by atoms with van der Waals surface area (Å²) in [4.78, 5) is 25.8. The lowest BCUT2D eigenvalue weighted by Gasteiger charge is -2.25. The van der Waals surface area contributed by atoms with Gasteiger partial charge in [-0.2, -0.15) is 0 Å². The molecule has 1 saturated heterocycles. The maximum atomic E-state index is 12.3. The minimum absolute atomic E-state index is 0.0273. The number of carbonyl (C=O) groups is 1. The quantitative estimate of drug-likeness (QED) is 0.805. The molecule has 1 aliphatic heterocycles. The molecule has 1 atom stereocenters. The highest BCUT2D eigenvalue weighted by Gasteiger charge is 2.28. The highest BCUT2D eigenvalue weighted by molar-refractivity contribution is 5.76. The Morgan fingerprint density at radius 1 is 1.45 bits per heavy atom. The third-order valence-corrected chi connectivity index (χ3v) is 3.70. The number of aliphatic hydroxyl groups is 1. The van der Waals surface area contributed by atoms with Gasteiger partial charge in [0.2, 0.25) is 5.91 Å². The maximum absolute atomic E-state index is 12.3. The number of carbonyl (C=O) groups excluding carboxylic acids is 1. The molecule has 0 aliphatic carbocycles. The fraction of sp³-hybridized carbons (Fsp3) is 0.571. The van der Waals surface area contributed by atoms with Gasteiger partial charge in [-0.25, -0.2) is 0 Å². The van der Waals surface area contributed by atoms with E-state index in [9.17, 15) is 9.59 Å². The number of rotatable bonds is 5. The highest BCUT2D eigenvalue weighted by Crippen LogP contribution is 2.21. The zero-order valence-electron chi connectivity index (χ0n) is 11.5. The van der Waals surface area contributed by atoms with Crippen molar-refractivity contribution >= 4 is 11.6 Å². The molecule has 1 aromatic heterocycles. The number of anilines is 1. The summed E-state index contributed by atoms with van der Waals surface area (Å²) >= 11 is 0. The monoisotopic (exact) mass is 279 g/mol. The van der Waals surface area contributed by atoms with Crippen molar-refractivity contribution in [2.75, 3.05) is 18.9 Å². The first-order chi connectivity index (χ1) is 9.61. The molecule has 6 heteroatoms. The summed E-state index contributed by atoms with van der Waals surface area (Å²) < 4.78 is 1.35. The second-order valence-corrected chi connectivity index (χ2v) is 5.18. The number of hydrogen-bond acceptors (Lipinski definition) is 4. The molecule has 20 heavy (non-hydrogen) atoms. The Labute approximate surface area is 117 Å². The lowest BCUT2D eigenvalue weighted by atomic mass is 10.1. The van der Waals surface area contributed by atoms with Crippen molar-refractivity contribution in [2.24, 2.45) is 0 Å². The van der Waals surface area contributed by atoms with Crippen LogP contribution >= 0.6 is 0 Å². The minimum atomic E-state index is -0.223. The van der Waals surface area contributed by atoms with Gasteiger partial charge >= 0.3 is 0 Å². The Kier molecular flexibility index (Phi) is 4.79. The number of pyridine rings is 1. The van der Waals surface area contributed by atoms with E-state index in [0.717, 1.165) is 25.8 Å². The highest BCUT2D eigenvalue weighted by atomic mass is 16.3. The summed E-state index contributed by atoms with van der Waals surface area (Å²) in [5, 5.41) is 8.89. The molecule has 0 saturated carbocycles. The molecule has 1 aromatic rings. The molecule has 1 fully saturated rings. The molecule has 0 radical (unpaired) electrons. The zero-order chi connectivity index (χ0) is 14.5. The largest absolute Gasteiger partial charge is 0.398 e. The van der Waals surface area contributed by atoms with Crippen LogP contribution < -0.4 is 11.3 Å². The first kappa shape index (κ1) is 14.6. The Hall–Kier alpha value is -1.82. The van der Waals surface area contributed by atoms with E-state index in [0.29, 0.717) is 12.1 Å². The molecular formula is C14H21N3O3. The Balaban J connectivity index is 2.03. The Morgan fingerprint density at radius 2 is 2.25 bits per heavy atom. The standard InChI is InChI=1S/C14H21N3O3/c15-11-5-6-13(19)16(9-11)10-14(20)17-7-1-3-12(17)4-2-8-18/h5-6,9,12,18H,1-4,7-8,10,15H2. The first-order valence-electron chi connectivity index (χ1n) is 6.98. The van der Waals surface area contributed by atoms with Crippen LogP contribution in [-0.2, 0) is 11.3 Å². The summed E-state index contributed by atoms with van der Waals surface area (Å²) in [5.41, 5.74) is 5.88. The number of aliphatic hydroxyl groups excluding tert-OH is 1. The van der Waals surface area contributed by atoms with Gasteiger partial charge in [0.25, 0.3) is 5.56 Å². The van der Waals surface area contributed by atoms with Crippen molar-refractivity contribution in [2.45, 2.75) is 38.3 Å². The van der Waals surface area contributed by atoms with Crippen molar-refractivity contribution < 1.29 is 9.90 Å². The normalized spacial score (nSPS) is 18.4. The fourth-order valence-corrected chi connectivity index (χ4v) is 2.70. The van der Waals surface area contributed by atoms with Crippen molar-refractivity contribution in [3.8, 4) is 0 Å². The number of nitrogens with zero attached hydrogens (tertiary/aromatic N) is 2. The van der Waals surface area contributed by atoms with Gasteiger partial charge < -0.3 is 20.3 Å². The van der Waals surface area contributed by atoms with Crippen molar-refractivity contribution in [3.63, 3.8) is 0 Å². The molecular weight excluding hydrogens is 258 g/mol. The average Bonchev–Trinajstić information content (AvgIpc) is 2.89. The summed E-state index contributed by atoms with van der Waals surface area (Å²) in [7, 11) is 0. The van der Waals surface area contributed by atoms with E-state index in [1.165, 1.54) is 22.9 Å². The second kappa shape index (κ2) is 6.56. The summed E-state index contributed by atoms with van der Waals surface area (Å²) in [6.45, 7) is 0.901.